The Balaban J connectivity index is 1.79. The van der Waals surface area contributed by atoms with Gasteiger partial charge in [0.1, 0.15) is 5.82 Å². The standard InChI is InChI=1S/C21H23F4N3O2/c1-20(2,15-4-3-5-16(10-15)21(23,24)25)13-28-18(29)12-27-19(30)26-11-14-6-8-17(22)9-7-14/h3-10H,11-13H2,1-2H3,(H,28,29)(H2,26,27,30). The predicted octanol–water partition coefficient (Wildman–Crippen LogP) is 3.74. The lowest BCUT2D eigenvalue weighted by Crippen LogP contribution is -2.44. The van der Waals surface area contributed by atoms with Gasteiger partial charge in [-0.3, -0.25) is 4.79 Å². The molecule has 0 saturated heterocycles. The number of amides is 3. The van der Waals surface area contributed by atoms with Crippen LogP contribution in [-0.2, 0) is 22.9 Å². The molecule has 162 valence electrons. The van der Waals surface area contributed by atoms with Crippen LogP contribution in [0.3, 0.4) is 0 Å². The number of benzene rings is 2. The van der Waals surface area contributed by atoms with E-state index in [0.717, 1.165) is 12.1 Å². The van der Waals surface area contributed by atoms with E-state index in [4.69, 9.17) is 0 Å². The van der Waals surface area contributed by atoms with E-state index in [-0.39, 0.29) is 25.5 Å². The monoisotopic (exact) mass is 425 g/mol. The third-order valence-electron chi connectivity index (χ3n) is 4.47. The Bertz CT molecular complexity index is 881. The van der Waals surface area contributed by atoms with Crippen molar-refractivity contribution in [1.82, 2.24) is 16.0 Å². The van der Waals surface area contributed by atoms with Crippen LogP contribution in [0.2, 0.25) is 0 Å². The van der Waals surface area contributed by atoms with Gasteiger partial charge in [0.2, 0.25) is 5.91 Å². The zero-order valence-electron chi connectivity index (χ0n) is 16.6. The molecule has 0 aliphatic carbocycles. The van der Waals surface area contributed by atoms with Gasteiger partial charge in [0.05, 0.1) is 12.1 Å². The lowest BCUT2D eigenvalue weighted by molar-refractivity contribution is -0.137. The van der Waals surface area contributed by atoms with Crippen molar-refractivity contribution in [1.29, 1.82) is 0 Å². The quantitative estimate of drug-likeness (QED) is 0.592. The second-order valence-corrected chi connectivity index (χ2v) is 7.40. The maximum Gasteiger partial charge on any atom is 0.416 e. The number of rotatable bonds is 7. The maximum absolute atomic E-state index is 12.9. The fourth-order valence-electron chi connectivity index (χ4n) is 2.61. The highest BCUT2D eigenvalue weighted by atomic mass is 19.4. The van der Waals surface area contributed by atoms with Crippen molar-refractivity contribution in [2.45, 2.75) is 32.0 Å². The molecule has 0 bridgehead atoms. The van der Waals surface area contributed by atoms with Gasteiger partial charge in [-0.15, -0.1) is 0 Å². The van der Waals surface area contributed by atoms with Crippen LogP contribution in [0, 0.1) is 5.82 Å². The van der Waals surface area contributed by atoms with E-state index in [2.05, 4.69) is 16.0 Å². The summed E-state index contributed by atoms with van der Waals surface area (Å²) in [6.45, 7) is 3.38. The summed E-state index contributed by atoms with van der Waals surface area (Å²) >= 11 is 0. The fraction of sp³-hybridized carbons (Fsp3) is 0.333. The molecule has 0 atom stereocenters. The van der Waals surface area contributed by atoms with Gasteiger partial charge in [-0.05, 0) is 29.3 Å². The molecule has 0 aromatic heterocycles. The highest BCUT2D eigenvalue weighted by Crippen LogP contribution is 2.32. The van der Waals surface area contributed by atoms with Crippen LogP contribution in [0.5, 0.6) is 0 Å². The van der Waals surface area contributed by atoms with Crippen LogP contribution in [0.25, 0.3) is 0 Å². The first-order chi connectivity index (χ1) is 14.0. The van der Waals surface area contributed by atoms with E-state index in [1.807, 2.05) is 0 Å². The van der Waals surface area contributed by atoms with E-state index in [0.29, 0.717) is 11.1 Å². The Morgan fingerprint density at radius 1 is 0.900 bits per heavy atom. The molecule has 2 rings (SSSR count). The molecule has 2 aromatic rings. The Morgan fingerprint density at radius 3 is 2.17 bits per heavy atom. The summed E-state index contributed by atoms with van der Waals surface area (Å²) in [5.74, 6) is -0.861. The van der Waals surface area contributed by atoms with Gasteiger partial charge in [-0.1, -0.05) is 44.2 Å². The summed E-state index contributed by atoms with van der Waals surface area (Å²) in [4.78, 5) is 23.7. The van der Waals surface area contributed by atoms with Crippen molar-refractivity contribution in [2.24, 2.45) is 0 Å². The molecule has 0 fully saturated rings. The number of alkyl halides is 3. The predicted molar refractivity (Wildman–Crippen MR) is 104 cm³/mol. The average Bonchev–Trinajstić information content (AvgIpc) is 2.70. The molecule has 30 heavy (non-hydrogen) atoms. The van der Waals surface area contributed by atoms with Gasteiger partial charge in [0, 0.05) is 18.5 Å². The zero-order valence-corrected chi connectivity index (χ0v) is 16.6. The highest BCUT2D eigenvalue weighted by molar-refractivity contribution is 5.83. The molecule has 0 unspecified atom stereocenters. The minimum Gasteiger partial charge on any atom is -0.354 e. The first kappa shape index (κ1) is 23.2. The first-order valence-electron chi connectivity index (χ1n) is 9.18. The molecule has 9 heteroatoms. The lowest BCUT2D eigenvalue weighted by atomic mass is 9.83. The Hall–Kier alpha value is -3.10. The number of carbonyl (C=O) groups is 2. The summed E-state index contributed by atoms with van der Waals surface area (Å²) in [5, 5.41) is 7.53. The SMILES string of the molecule is CC(C)(CNC(=O)CNC(=O)NCc1ccc(F)cc1)c1cccc(C(F)(F)F)c1. The van der Waals surface area contributed by atoms with Crippen molar-refractivity contribution >= 4 is 11.9 Å². The maximum atomic E-state index is 12.9. The van der Waals surface area contributed by atoms with Crippen LogP contribution in [0.1, 0.15) is 30.5 Å². The molecule has 3 amide bonds. The van der Waals surface area contributed by atoms with Crippen molar-refractivity contribution in [2.75, 3.05) is 13.1 Å². The Kier molecular flexibility index (Phi) is 7.42. The second-order valence-electron chi connectivity index (χ2n) is 7.40. The summed E-state index contributed by atoms with van der Waals surface area (Å²) < 4.78 is 51.5. The smallest absolute Gasteiger partial charge is 0.354 e. The van der Waals surface area contributed by atoms with Crippen LogP contribution in [0.4, 0.5) is 22.4 Å². The average molecular weight is 425 g/mol. The number of nitrogens with one attached hydrogen (secondary N) is 3. The molecular formula is C21H23F4N3O2. The fourth-order valence-corrected chi connectivity index (χ4v) is 2.61. The Labute approximate surface area is 171 Å². The Morgan fingerprint density at radius 2 is 1.53 bits per heavy atom. The van der Waals surface area contributed by atoms with Crippen molar-refractivity contribution < 1.29 is 27.2 Å². The number of carbonyl (C=O) groups excluding carboxylic acids is 2. The van der Waals surface area contributed by atoms with E-state index < -0.39 is 29.1 Å². The van der Waals surface area contributed by atoms with Gasteiger partial charge >= 0.3 is 12.2 Å². The molecular weight excluding hydrogens is 402 g/mol. The van der Waals surface area contributed by atoms with Crippen molar-refractivity contribution in [3.8, 4) is 0 Å². The van der Waals surface area contributed by atoms with Gasteiger partial charge < -0.3 is 16.0 Å². The molecule has 0 aliphatic heterocycles. The van der Waals surface area contributed by atoms with Gasteiger partial charge in [0.25, 0.3) is 0 Å². The largest absolute Gasteiger partial charge is 0.416 e. The van der Waals surface area contributed by atoms with Crippen LogP contribution in [-0.4, -0.2) is 25.0 Å². The van der Waals surface area contributed by atoms with Gasteiger partial charge in [-0.25, -0.2) is 9.18 Å². The summed E-state index contributed by atoms with van der Waals surface area (Å²) in [6.07, 6.45) is -4.44. The molecule has 2 aromatic carbocycles. The number of halogens is 4. The topological polar surface area (TPSA) is 70.2 Å². The van der Waals surface area contributed by atoms with Crippen LogP contribution >= 0.6 is 0 Å². The number of hydrogen-bond acceptors (Lipinski definition) is 2. The van der Waals surface area contributed by atoms with E-state index in [1.165, 1.54) is 30.3 Å². The molecule has 0 heterocycles. The van der Waals surface area contributed by atoms with Crippen molar-refractivity contribution in [3.05, 3.63) is 71.0 Å². The molecule has 0 aliphatic rings. The molecule has 3 N–H and O–H groups in total. The lowest BCUT2D eigenvalue weighted by Gasteiger charge is -2.26. The normalized spacial score (nSPS) is 11.7. The minimum atomic E-state index is -4.44. The van der Waals surface area contributed by atoms with Gasteiger partial charge in [0.15, 0.2) is 0 Å². The molecule has 0 saturated carbocycles. The zero-order chi connectivity index (χ0) is 22.4. The molecule has 0 radical (unpaired) electrons. The van der Waals surface area contributed by atoms with Crippen LogP contribution < -0.4 is 16.0 Å². The minimum absolute atomic E-state index is 0.0893. The van der Waals surface area contributed by atoms with E-state index in [1.54, 1.807) is 19.9 Å². The van der Waals surface area contributed by atoms with E-state index >= 15 is 0 Å². The first-order valence-corrected chi connectivity index (χ1v) is 9.18. The van der Waals surface area contributed by atoms with Gasteiger partial charge in [-0.2, -0.15) is 13.2 Å². The second kappa shape index (κ2) is 9.60. The van der Waals surface area contributed by atoms with E-state index in [9.17, 15) is 27.2 Å². The summed E-state index contributed by atoms with van der Waals surface area (Å²) in [5.41, 5.74) is -0.373. The third-order valence-corrected chi connectivity index (χ3v) is 4.47. The number of urea groups is 1. The summed E-state index contributed by atoms with van der Waals surface area (Å²) in [7, 11) is 0. The highest BCUT2D eigenvalue weighted by Gasteiger charge is 2.32. The summed E-state index contributed by atoms with van der Waals surface area (Å²) in [6, 6.07) is 9.97. The van der Waals surface area contributed by atoms with Crippen LogP contribution in [0.15, 0.2) is 48.5 Å². The number of hydrogen-bond donors (Lipinski definition) is 3. The van der Waals surface area contributed by atoms with Crippen molar-refractivity contribution in [3.63, 3.8) is 0 Å². The third kappa shape index (κ3) is 7.06. The molecule has 5 nitrogen and oxygen atoms in total. The molecule has 0 spiro atoms.